The van der Waals surface area contributed by atoms with E-state index in [9.17, 15) is 22.9 Å². The Balaban J connectivity index is 2.50. The highest BCUT2D eigenvalue weighted by molar-refractivity contribution is 7.92. The third kappa shape index (κ3) is 3.26. The minimum atomic E-state index is -4.38. The van der Waals surface area contributed by atoms with Crippen molar-refractivity contribution in [2.75, 3.05) is 4.72 Å². The van der Waals surface area contributed by atoms with Crippen molar-refractivity contribution in [1.29, 1.82) is 0 Å². The van der Waals surface area contributed by atoms with Crippen LogP contribution in [0.5, 0.6) is 0 Å². The zero-order valence-electron chi connectivity index (χ0n) is 10.2. The van der Waals surface area contributed by atoms with Crippen LogP contribution in [-0.4, -0.2) is 18.3 Å². The van der Waals surface area contributed by atoms with Gasteiger partial charge in [0.2, 0.25) is 5.82 Å². The van der Waals surface area contributed by atoms with Crippen LogP contribution in [0, 0.1) is 15.9 Å². The Morgan fingerprint density at radius 3 is 2.52 bits per heavy atom. The minimum absolute atomic E-state index is 0.0314. The summed E-state index contributed by atoms with van der Waals surface area (Å²) in [6.07, 6.45) is 0. The van der Waals surface area contributed by atoms with Crippen molar-refractivity contribution in [3.8, 4) is 0 Å². The molecule has 0 bridgehead atoms. The second kappa shape index (κ2) is 5.62. The Kier molecular flexibility index (Phi) is 4.05. The molecule has 10 heteroatoms. The molecule has 0 amide bonds. The zero-order valence-corrected chi connectivity index (χ0v) is 11.7. The van der Waals surface area contributed by atoms with E-state index < -0.39 is 31.3 Å². The summed E-state index contributed by atoms with van der Waals surface area (Å²) in [4.78, 5) is 12.6. The Morgan fingerprint density at radius 1 is 1.24 bits per heavy atom. The lowest BCUT2D eigenvalue weighted by Crippen LogP contribution is -2.16. The van der Waals surface area contributed by atoms with E-state index in [1.807, 2.05) is 4.72 Å². The molecule has 110 valence electrons. The standard InChI is InChI=1S/C11H7ClFN3O4S/c12-9-5-2-6-10(14-9)15-21(19,20)8-4-1-3-7(13)11(8)16(17)18/h1-6H,(H,14,15). The Bertz CT molecular complexity index is 813. The van der Waals surface area contributed by atoms with Gasteiger partial charge in [-0.15, -0.1) is 0 Å². The lowest BCUT2D eigenvalue weighted by molar-refractivity contribution is -0.390. The number of anilines is 1. The molecule has 21 heavy (non-hydrogen) atoms. The molecule has 0 aliphatic rings. The lowest BCUT2D eigenvalue weighted by atomic mass is 10.3. The maximum absolute atomic E-state index is 13.5. The van der Waals surface area contributed by atoms with Gasteiger partial charge in [-0.3, -0.25) is 14.8 Å². The molecule has 0 saturated carbocycles. The number of nitrogens with zero attached hydrogens (tertiary/aromatic N) is 2. The van der Waals surface area contributed by atoms with E-state index >= 15 is 0 Å². The quantitative estimate of drug-likeness (QED) is 0.527. The van der Waals surface area contributed by atoms with Crippen molar-refractivity contribution in [3.63, 3.8) is 0 Å². The topological polar surface area (TPSA) is 102 Å². The number of rotatable bonds is 4. The summed E-state index contributed by atoms with van der Waals surface area (Å²) in [5, 5.41) is 10.9. The van der Waals surface area contributed by atoms with Crippen LogP contribution < -0.4 is 4.72 Å². The molecular formula is C11H7ClFN3O4S. The number of halogens is 2. The largest absolute Gasteiger partial charge is 0.325 e. The van der Waals surface area contributed by atoms with Crippen LogP contribution >= 0.6 is 11.6 Å². The number of pyridine rings is 1. The summed E-state index contributed by atoms with van der Waals surface area (Å²) in [5.41, 5.74) is -1.13. The maximum atomic E-state index is 13.5. The summed E-state index contributed by atoms with van der Waals surface area (Å²) in [7, 11) is -4.38. The number of aromatic nitrogens is 1. The van der Waals surface area contributed by atoms with Crippen molar-refractivity contribution in [3.05, 3.63) is 57.5 Å². The molecule has 1 aromatic heterocycles. The van der Waals surface area contributed by atoms with E-state index in [1.54, 1.807) is 0 Å². The van der Waals surface area contributed by atoms with E-state index in [2.05, 4.69) is 4.98 Å². The molecule has 0 fully saturated rings. The number of nitrogens with one attached hydrogen (secondary N) is 1. The van der Waals surface area contributed by atoms with Crippen LogP contribution in [0.4, 0.5) is 15.9 Å². The predicted molar refractivity (Wildman–Crippen MR) is 73.1 cm³/mol. The molecule has 0 unspecified atom stereocenters. The van der Waals surface area contributed by atoms with Gasteiger partial charge in [0.25, 0.3) is 10.0 Å². The summed E-state index contributed by atoms with van der Waals surface area (Å²) >= 11 is 5.61. The number of nitro groups is 1. The van der Waals surface area contributed by atoms with Gasteiger partial charge >= 0.3 is 5.69 Å². The molecular weight excluding hydrogens is 325 g/mol. The van der Waals surface area contributed by atoms with Crippen molar-refractivity contribution in [1.82, 2.24) is 4.98 Å². The molecule has 0 aliphatic carbocycles. The van der Waals surface area contributed by atoms with Crippen molar-refractivity contribution < 1.29 is 17.7 Å². The fourth-order valence-corrected chi connectivity index (χ4v) is 2.89. The number of hydrogen-bond donors (Lipinski definition) is 1. The van der Waals surface area contributed by atoms with Crippen molar-refractivity contribution in [2.24, 2.45) is 0 Å². The zero-order chi connectivity index (χ0) is 15.6. The van der Waals surface area contributed by atoms with Crippen LogP contribution in [0.1, 0.15) is 0 Å². The number of sulfonamides is 1. The highest BCUT2D eigenvalue weighted by Crippen LogP contribution is 2.28. The third-order valence-corrected chi connectivity index (χ3v) is 3.97. The molecule has 7 nitrogen and oxygen atoms in total. The Hall–Kier alpha value is -2.26. The number of para-hydroxylation sites is 1. The normalized spacial score (nSPS) is 11.1. The van der Waals surface area contributed by atoms with Crippen LogP contribution in [0.15, 0.2) is 41.3 Å². The van der Waals surface area contributed by atoms with Gasteiger partial charge in [-0.1, -0.05) is 23.7 Å². The summed E-state index contributed by atoms with van der Waals surface area (Å²) in [5.74, 6) is -1.39. The predicted octanol–water partition coefficient (Wildman–Crippen LogP) is 2.58. The Morgan fingerprint density at radius 2 is 1.90 bits per heavy atom. The van der Waals surface area contributed by atoms with Crippen LogP contribution in [0.25, 0.3) is 0 Å². The average Bonchev–Trinajstić information content (AvgIpc) is 2.37. The third-order valence-electron chi connectivity index (χ3n) is 2.38. The molecule has 0 spiro atoms. The van der Waals surface area contributed by atoms with E-state index in [0.29, 0.717) is 0 Å². The SMILES string of the molecule is O=[N+]([O-])c1c(F)cccc1S(=O)(=O)Nc1cccc(Cl)n1. The first-order valence-corrected chi connectivity index (χ1v) is 7.25. The van der Waals surface area contributed by atoms with Crippen molar-refractivity contribution >= 4 is 33.1 Å². The maximum Gasteiger partial charge on any atom is 0.325 e. The molecule has 0 saturated heterocycles. The van der Waals surface area contributed by atoms with E-state index in [1.165, 1.54) is 18.2 Å². The summed E-state index contributed by atoms with van der Waals surface area (Å²) in [6.45, 7) is 0. The first-order chi connectivity index (χ1) is 9.81. The van der Waals surface area contributed by atoms with E-state index in [0.717, 1.165) is 18.2 Å². The first-order valence-electron chi connectivity index (χ1n) is 5.39. The average molecular weight is 332 g/mol. The van der Waals surface area contributed by atoms with E-state index in [-0.39, 0.29) is 11.0 Å². The second-order valence-corrected chi connectivity index (χ2v) is 5.83. The fraction of sp³-hybridized carbons (Fsp3) is 0. The lowest BCUT2D eigenvalue weighted by Gasteiger charge is -2.08. The van der Waals surface area contributed by atoms with Crippen molar-refractivity contribution in [2.45, 2.75) is 4.90 Å². The van der Waals surface area contributed by atoms with Crippen LogP contribution in [-0.2, 0) is 10.0 Å². The molecule has 0 atom stereocenters. The summed E-state index contributed by atoms with van der Waals surface area (Å²) < 4.78 is 39.7. The first kappa shape index (κ1) is 15.1. The highest BCUT2D eigenvalue weighted by atomic mass is 35.5. The van der Waals surface area contributed by atoms with Gasteiger partial charge in [-0.05, 0) is 24.3 Å². The van der Waals surface area contributed by atoms with Gasteiger partial charge in [0.15, 0.2) is 4.90 Å². The Labute approximate surface area is 123 Å². The van der Waals surface area contributed by atoms with Crippen LogP contribution in [0.2, 0.25) is 5.15 Å². The number of nitro benzene ring substituents is 1. The minimum Gasteiger partial charge on any atom is -0.263 e. The number of benzene rings is 1. The molecule has 1 aromatic carbocycles. The van der Waals surface area contributed by atoms with Crippen LogP contribution in [0.3, 0.4) is 0 Å². The highest BCUT2D eigenvalue weighted by Gasteiger charge is 2.29. The van der Waals surface area contributed by atoms with Gasteiger partial charge < -0.3 is 0 Å². The fourth-order valence-electron chi connectivity index (χ4n) is 1.55. The molecule has 0 radical (unpaired) electrons. The number of hydrogen-bond acceptors (Lipinski definition) is 5. The van der Waals surface area contributed by atoms with E-state index in [4.69, 9.17) is 11.6 Å². The van der Waals surface area contributed by atoms with Gasteiger partial charge in [0.1, 0.15) is 11.0 Å². The van der Waals surface area contributed by atoms with Gasteiger partial charge in [-0.25, -0.2) is 13.4 Å². The molecule has 0 aliphatic heterocycles. The molecule has 1 N–H and O–H groups in total. The smallest absolute Gasteiger partial charge is 0.263 e. The van der Waals surface area contributed by atoms with Gasteiger partial charge in [-0.2, -0.15) is 4.39 Å². The van der Waals surface area contributed by atoms with Gasteiger partial charge in [0.05, 0.1) is 4.92 Å². The summed E-state index contributed by atoms with van der Waals surface area (Å²) in [6, 6.07) is 6.94. The monoisotopic (exact) mass is 331 g/mol. The molecule has 2 rings (SSSR count). The second-order valence-electron chi connectivity index (χ2n) is 3.79. The molecule has 2 aromatic rings. The van der Waals surface area contributed by atoms with Gasteiger partial charge in [0, 0.05) is 0 Å². The molecule has 1 heterocycles.